The molecular weight excluding hydrogens is 1090 g/mol. The van der Waals surface area contributed by atoms with Crippen LogP contribution in [-0.2, 0) is 36.8 Å². The number of allylic oxidation sites excluding steroid dienone is 1. The van der Waals surface area contributed by atoms with Gasteiger partial charge in [0.25, 0.3) is 5.91 Å². The molecule has 6 rings (SSSR count). The van der Waals surface area contributed by atoms with Crippen molar-refractivity contribution in [2.75, 3.05) is 65.1 Å². The SMILES string of the molecule is COC(=O)NC(C(=O)N[C@@H](Cc1ccc(C#Cc2ccc(N3C[C@@H]4CN(C5COC5)C[C@@H]4C3)nc2)cc1)[C@@H](O)CN(Cc1c(F)cc(C(N)=CC=NC(F)F)cc1F)NC(=O)[C@@H](NC(=O)OC)C(C)(C)C(F)(F)F)C(C)(C)C(F)(F)F. The number of halogens is 10. The second kappa shape index (κ2) is 26.1. The normalized spacial score (nSPS) is 18.8. The number of fused-ring (bicyclic) bond motifs is 1. The molecule has 3 aliphatic heterocycles. The largest absolute Gasteiger partial charge is 0.453 e. The molecule has 81 heavy (non-hydrogen) atoms. The Hall–Kier alpha value is -7.22. The second-order valence-electron chi connectivity index (χ2n) is 20.9. The Morgan fingerprint density at radius 2 is 1.36 bits per heavy atom. The molecule has 3 fully saturated rings. The summed E-state index contributed by atoms with van der Waals surface area (Å²) in [4.78, 5) is 65.0. The maximum absolute atomic E-state index is 15.9. The molecule has 6 atom stereocenters. The summed E-state index contributed by atoms with van der Waals surface area (Å²) in [5, 5.41) is 18.4. The number of alkyl halides is 8. The van der Waals surface area contributed by atoms with Crippen LogP contribution in [0.25, 0.3) is 5.70 Å². The molecule has 4 amide bonds. The number of nitrogens with one attached hydrogen (secondary N) is 4. The highest BCUT2D eigenvalue weighted by atomic mass is 19.4. The number of benzene rings is 2. The van der Waals surface area contributed by atoms with Gasteiger partial charge in [-0.3, -0.25) is 19.9 Å². The predicted molar refractivity (Wildman–Crippen MR) is 274 cm³/mol. The van der Waals surface area contributed by atoms with Crippen LogP contribution < -0.4 is 32.0 Å². The van der Waals surface area contributed by atoms with E-state index in [4.69, 9.17) is 10.5 Å². The van der Waals surface area contributed by atoms with Crippen molar-refractivity contribution in [3.05, 3.63) is 100 Å². The van der Waals surface area contributed by atoms with Gasteiger partial charge < -0.3 is 45.9 Å². The van der Waals surface area contributed by atoms with E-state index in [2.05, 4.69) is 46.4 Å². The van der Waals surface area contributed by atoms with E-state index in [0.29, 0.717) is 80.1 Å². The van der Waals surface area contributed by atoms with E-state index in [1.807, 2.05) is 22.9 Å². The number of hydrogen-bond donors (Lipinski definition) is 6. The summed E-state index contributed by atoms with van der Waals surface area (Å²) in [6, 6.07) is 4.70. The van der Waals surface area contributed by atoms with Crippen molar-refractivity contribution in [2.24, 2.45) is 33.4 Å². The van der Waals surface area contributed by atoms with Gasteiger partial charge in [0.2, 0.25) is 5.91 Å². The smallest absolute Gasteiger partial charge is 0.407 e. The number of pyridine rings is 1. The lowest BCUT2D eigenvalue weighted by Gasteiger charge is -2.38. The minimum Gasteiger partial charge on any atom is -0.453 e. The first-order valence-corrected chi connectivity index (χ1v) is 25.2. The average molecular weight is 1160 g/mol. The second-order valence-corrected chi connectivity index (χ2v) is 20.9. The number of aliphatic hydroxyl groups excluding tert-OH is 1. The molecule has 3 saturated heterocycles. The van der Waals surface area contributed by atoms with Crippen LogP contribution >= 0.6 is 0 Å². The quantitative estimate of drug-likeness (QED) is 0.0264. The van der Waals surface area contributed by atoms with Gasteiger partial charge in [0.15, 0.2) is 0 Å². The topological polar surface area (TPSA) is 225 Å². The third-order valence-corrected chi connectivity index (χ3v) is 14.6. The number of rotatable bonds is 20. The van der Waals surface area contributed by atoms with Crippen LogP contribution in [0.5, 0.6) is 0 Å². The Labute approximate surface area is 459 Å². The number of aromatic nitrogens is 1. The molecule has 3 aromatic rings. The molecule has 0 radical (unpaired) electrons. The van der Waals surface area contributed by atoms with Crippen LogP contribution in [0.1, 0.15) is 55.5 Å². The first-order chi connectivity index (χ1) is 37.9. The van der Waals surface area contributed by atoms with Crippen LogP contribution in [0.2, 0.25) is 0 Å². The van der Waals surface area contributed by atoms with E-state index in [9.17, 15) is 59.4 Å². The summed E-state index contributed by atoms with van der Waals surface area (Å²) in [6.07, 6.45) is -13.0. The molecule has 0 saturated carbocycles. The lowest BCUT2D eigenvalue weighted by molar-refractivity contribution is -0.221. The number of aliphatic hydroxyl groups is 1. The van der Waals surface area contributed by atoms with Crippen molar-refractivity contribution in [1.82, 2.24) is 36.3 Å². The molecule has 442 valence electrons. The number of carbonyl (C=O) groups is 4. The van der Waals surface area contributed by atoms with Crippen LogP contribution in [-0.4, -0.2) is 160 Å². The van der Waals surface area contributed by atoms with Gasteiger partial charge in [-0.15, -0.1) is 0 Å². The van der Waals surface area contributed by atoms with Crippen molar-refractivity contribution in [1.29, 1.82) is 0 Å². The standard InChI is InChI=1S/C53H62F10N10O8/c1-50(2,52(58,59)60)43(68-48(77)79-5)45(75)67-40(17-30-10-7-29(8-11-30)9-12-31-13-14-42(66-20-31)72-23-33-21-71(22-34(33)24-72)35-27-81-28-35)41(74)26-73(70-46(76)44(69-49(78)80-6)51(3,4)53(61,62)63)25-36-37(54)18-32(19-38(36)55)39(64)15-16-65-47(56)57/h7-8,10-11,13-16,18-20,33-35,40-41,43-44,47,74H,17,21-28,64H2,1-6H3,(H,67,75)(H,68,77)(H,69,78)(H,70,76)/t33-,34+,40-,41-,43?,44+/m0/s1. The fourth-order valence-electron chi connectivity index (χ4n) is 9.22. The molecular formula is C53H62F10N10O8. The van der Waals surface area contributed by atoms with Crippen LogP contribution in [0.3, 0.4) is 0 Å². The number of nitrogens with two attached hydrogens (primary N) is 1. The Bertz CT molecular complexity index is 2800. The Kier molecular flexibility index (Phi) is 20.3. The van der Waals surface area contributed by atoms with E-state index in [1.165, 1.54) is 24.3 Å². The fraction of sp³-hybridized carbons (Fsp3) is 0.509. The highest BCUT2D eigenvalue weighted by Gasteiger charge is 2.57. The van der Waals surface area contributed by atoms with Crippen molar-refractivity contribution in [3.63, 3.8) is 0 Å². The highest BCUT2D eigenvalue weighted by molar-refractivity contribution is 5.87. The molecule has 4 heterocycles. The number of alkyl carbamates (subject to hydrolysis) is 2. The summed E-state index contributed by atoms with van der Waals surface area (Å²) >= 11 is 0. The van der Waals surface area contributed by atoms with Crippen molar-refractivity contribution < 1.29 is 82.4 Å². The Balaban J connectivity index is 1.30. The predicted octanol–water partition coefficient (Wildman–Crippen LogP) is 5.67. The molecule has 28 heteroatoms. The van der Waals surface area contributed by atoms with Gasteiger partial charge in [-0.05, 0) is 94.0 Å². The van der Waals surface area contributed by atoms with Gasteiger partial charge in [-0.1, -0.05) is 24.0 Å². The molecule has 3 aliphatic rings. The van der Waals surface area contributed by atoms with E-state index in [0.717, 1.165) is 65.5 Å². The van der Waals surface area contributed by atoms with Gasteiger partial charge in [0.05, 0.1) is 56.5 Å². The Morgan fingerprint density at radius 1 is 0.827 bits per heavy atom. The number of aliphatic imine (C=N–C) groups is 1. The van der Waals surface area contributed by atoms with E-state index < -0.39 is 126 Å². The molecule has 1 aromatic heterocycles. The minimum absolute atomic E-state index is 0.268. The molecule has 0 aliphatic carbocycles. The minimum atomic E-state index is -5.23. The van der Waals surface area contributed by atoms with Crippen molar-refractivity contribution in [3.8, 4) is 11.8 Å². The summed E-state index contributed by atoms with van der Waals surface area (Å²) in [5.74, 6) is 1.79. The zero-order chi connectivity index (χ0) is 59.8. The highest BCUT2D eigenvalue weighted by Crippen LogP contribution is 2.42. The third-order valence-electron chi connectivity index (χ3n) is 14.6. The number of likely N-dealkylation sites (tertiary alicyclic amines) is 1. The van der Waals surface area contributed by atoms with Crippen molar-refractivity contribution in [2.45, 2.75) is 89.8 Å². The van der Waals surface area contributed by atoms with Gasteiger partial charge in [0, 0.05) is 79.6 Å². The average Bonchev–Trinajstić information content (AvgIpc) is 4.04. The lowest BCUT2D eigenvalue weighted by atomic mass is 9.82. The number of hydrazine groups is 1. The van der Waals surface area contributed by atoms with Crippen LogP contribution in [0, 0.1) is 46.1 Å². The molecule has 2 aromatic carbocycles. The molecule has 0 spiro atoms. The molecule has 7 N–H and O–H groups in total. The van der Waals surface area contributed by atoms with E-state index >= 15 is 8.78 Å². The lowest BCUT2D eigenvalue weighted by Crippen LogP contribution is -2.63. The number of anilines is 1. The summed E-state index contributed by atoms with van der Waals surface area (Å²) in [5.41, 5.74) is 1.16. The molecule has 1 unspecified atom stereocenters. The van der Waals surface area contributed by atoms with Crippen molar-refractivity contribution >= 4 is 41.7 Å². The van der Waals surface area contributed by atoms with Gasteiger partial charge in [0.1, 0.15) is 29.5 Å². The molecule has 0 bridgehead atoms. The monoisotopic (exact) mass is 1160 g/mol. The number of nitrogens with zero attached hydrogens (tertiary/aromatic N) is 5. The van der Waals surface area contributed by atoms with Crippen LogP contribution in [0.4, 0.5) is 59.3 Å². The fourth-order valence-corrected chi connectivity index (χ4v) is 9.22. The maximum atomic E-state index is 15.9. The zero-order valence-electron chi connectivity index (χ0n) is 44.7. The van der Waals surface area contributed by atoms with Gasteiger partial charge >= 0.3 is 31.1 Å². The first kappa shape index (κ1) is 63.0. The number of methoxy groups -OCH3 is 2. The van der Waals surface area contributed by atoms with E-state index in [1.54, 1.807) is 11.5 Å². The third kappa shape index (κ3) is 15.8. The first-order valence-electron chi connectivity index (χ1n) is 25.2. The molecule has 18 nitrogen and oxygen atoms in total. The van der Waals surface area contributed by atoms with E-state index in [-0.39, 0.29) is 5.56 Å². The summed E-state index contributed by atoms with van der Waals surface area (Å²) < 4.78 is 159. The number of carbonyl (C=O) groups excluding carboxylic acids is 4. The number of ether oxygens (including phenoxy) is 3. The zero-order valence-corrected chi connectivity index (χ0v) is 44.7. The summed E-state index contributed by atoms with van der Waals surface area (Å²) in [7, 11) is 1.60. The van der Waals surface area contributed by atoms with Gasteiger partial charge in [-0.2, -0.15) is 35.1 Å². The van der Waals surface area contributed by atoms with Gasteiger partial charge in [-0.25, -0.2) is 33.4 Å². The Morgan fingerprint density at radius 3 is 1.84 bits per heavy atom. The summed E-state index contributed by atoms with van der Waals surface area (Å²) in [6.45, 7) is 2.14. The number of amides is 4. The number of hydrogen-bond acceptors (Lipinski definition) is 14. The maximum Gasteiger partial charge on any atom is 0.407 e. The van der Waals surface area contributed by atoms with Crippen LogP contribution in [0.15, 0.2) is 65.8 Å².